The van der Waals surface area contributed by atoms with Crippen LogP contribution < -0.4 is 0 Å². The molecule has 1 heterocycles. The summed E-state index contributed by atoms with van der Waals surface area (Å²) < 4.78 is 0. The predicted octanol–water partition coefficient (Wildman–Crippen LogP) is 2.55. The highest BCUT2D eigenvalue weighted by molar-refractivity contribution is 5.00. The molecule has 2 fully saturated rings. The third kappa shape index (κ3) is 1.66. The summed E-state index contributed by atoms with van der Waals surface area (Å²) in [5.41, 5.74) is 0. The quantitative estimate of drug-likeness (QED) is 0.672. The largest absolute Gasteiger partial charge is 0.296 e. The predicted molar refractivity (Wildman–Crippen MR) is 56.8 cm³/mol. The van der Waals surface area contributed by atoms with Crippen LogP contribution >= 0.6 is 0 Å². The van der Waals surface area contributed by atoms with Gasteiger partial charge in [0.1, 0.15) is 0 Å². The normalized spacial score (nSPS) is 38.7. The van der Waals surface area contributed by atoms with E-state index in [-0.39, 0.29) is 0 Å². The second-order valence-electron chi connectivity index (χ2n) is 4.68. The maximum absolute atomic E-state index is 9.08. The van der Waals surface area contributed by atoms with Gasteiger partial charge in [-0.15, -0.1) is 0 Å². The van der Waals surface area contributed by atoms with E-state index >= 15 is 0 Å². The van der Waals surface area contributed by atoms with Gasteiger partial charge in [-0.25, -0.2) is 0 Å². The van der Waals surface area contributed by atoms with Crippen LogP contribution in [0.3, 0.4) is 0 Å². The standard InChI is InChI=1S/C12H20N2/c1-2-11-6-4-8-14(11)12-7-3-5-10(12)9-13/h10-12H,2-8H2,1H3. The van der Waals surface area contributed by atoms with Crippen molar-refractivity contribution in [1.29, 1.82) is 5.26 Å². The molecule has 0 radical (unpaired) electrons. The summed E-state index contributed by atoms with van der Waals surface area (Å²) in [6.45, 7) is 3.51. The van der Waals surface area contributed by atoms with E-state index in [4.69, 9.17) is 5.26 Å². The minimum atomic E-state index is 0.321. The summed E-state index contributed by atoms with van der Waals surface area (Å²) in [4.78, 5) is 2.63. The summed E-state index contributed by atoms with van der Waals surface area (Å²) in [7, 11) is 0. The first kappa shape index (κ1) is 9.98. The van der Waals surface area contributed by atoms with E-state index in [9.17, 15) is 0 Å². The van der Waals surface area contributed by atoms with Crippen LogP contribution in [0.25, 0.3) is 0 Å². The molecule has 0 N–H and O–H groups in total. The van der Waals surface area contributed by atoms with E-state index in [2.05, 4.69) is 17.9 Å². The van der Waals surface area contributed by atoms with Crippen LogP contribution in [0.2, 0.25) is 0 Å². The van der Waals surface area contributed by atoms with Crippen molar-refractivity contribution in [2.75, 3.05) is 6.54 Å². The molecule has 14 heavy (non-hydrogen) atoms. The number of rotatable bonds is 2. The molecule has 0 spiro atoms. The molecule has 1 aliphatic carbocycles. The second-order valence-corrected chi connectivity index (χ2v) is 4.68. The van der Waals surface area contributed by atoms with Crippen molar-refractivity contribution in [3.8, 4) is 6.07 Å². The third-order valence-electron chi connectivity index (χ3n) is 3.97. The summed E-state index contributed by atoms with van der Waals surface area (Å²) in [5, 5.41) is 9.08. The van der Waals surface area contributed by atoms with Gasteiger partial charge in [0.25, 0.3) is 0 Å². The van der Waals surface area contributed by atoms with Crippen LogP contribution in [0.1, 0.15) is 45.4 Å². The van der Waals surface area contributed by atoms with Gasteiger partial charge in [0.2, 0.25) is 0 Å². The molecule has 3 atom stereocenters. The van der Waals surface area contributed by atoms with Crippen molar-refractivity contribution in [3.63, 3.8) is 0 Å². The van der Waals surface area contributed by atoms with Gasteiger partial charge in [-0.3, -0.25) is 4.90 Å². The van der Waals surface area contributed by atoms with Crippen molar-refractivity contribution in [2.45, 2.75) is 57.5 Å². The Morgan fingerprint density at radius 3 is 2.86 bits per heavy atom. The van der Waals surface area contributed by atoms with Gasteiger partial charge < -0.3 is 0 Å². The lowest BCUT2D eigenvalue weighted by molar-refractivity contribution is 0.159. The molecule has 2 heteroatoms. The van der Waals surface area contributed by atoms with Crippen LogP contribution in [0.15, 0.2) is 0 Å². The fourth-order valence-corrected chi connectivity index (χ4v) is 3.22. The fraction of sp³-hybridized carbons (Fsp3) is 0.917. The molecular weight excluding hydrogens is 172 g/mol. The molecule has 2 nitrogen and oxygen atoms in total. The number of nitriles is 1. The molecule has 1 saturated heterocycles. The Morgan fingerprint density at radius 1 is 1.29 bits per heavy atom. The van der Waals surface area contributed by atoms with Crippen LogP contribution in [0.5, 0.6) is 0 Å². The monoisotopic (exact) mass is 192 g/mol. The van der Waals surface area contributed by atoms with Crippen LogP contribution in [0.4, 0.5) is 0 Å². The first-order valence-electron chi connectivity index (χ1n) is 6.02. The van der Waals surface area contributed by atoms with Gasteiger partial charge >= 0.3 is 0 Å². The highest BCUT2D eigenvalue weighted by atomic mass is 15.2. The summed E-state index contributed by atoms with van der Waals surface area (Å²) in [5.74, 6) is 0.321. The zero-order valence-corrected chi connectivity index (χ0v) is 9.08. The number of hydrogen-bond acceptors (Lipinski definition) is 2. The topological polar surface area (TPSA) is 27.0 Å². The zero-order chi connectivity index (χ0) is 9.97. The highest BCUT2D eigenvalue weighted by Gasteiger charge is 2.37. The van der Waals surface area contributed by atoms with Gasteiger partial charge in [0, 0.05) is 12.1 Å². The summed E-state index contributed by atoms with van der Waals surface area (Å²) in [6.07, 6.45) is 7.60. The molecule has 78 valence electrons. The van der Waals surface area contributed by atoms with Crippen LogP contribution in [-0.2, 0) is 0 Å². The molecule has 1 saturated carbocycles. The maximum atomic E-state index is 9.08. The van der Waals surface area contributed by atoms with Crippen molar-refractivity contribution in [3.05, 3.63) is 0 Å². The van der Waals surface area contributed by atoms with E-state index in [1.54, 1.807) is 0 Å². The van der Waals surface area contributed by atoms with E-state index < -0.39 is 0 Å². The van der Waals surface area contributed by atoms with Gasteiger partial charge in [-0.1, -0.05) is 13.3 Å². The van der Waals surface area contributed by atoms with Crippen molar-refractivity contribution in [2.24, 2.45) is 5.92 Å². The molecule has 0 amide bonds. The van der Waals surface area contributed by atoms with E-state index in [1.807, 2.05) is 0 Å². The lowest BCUT2D eigenvalue weighted by Crippen LogP contribution is -2.40. The molecule has 1 aliphatic heterocycles. The van der Waals surface area contributed by atoms with Crippen LogP contribution in [0, 0.1) is 17.2 Å². The molecule has 0 aromatic carbocycles. The van der Waals surface area contributed by atoms with Gasteiger partial charge in [-0.05, 0) is 38.6 Å². The molecule has 0 aromatic rings. The van der Waals surface area contributed by atoms with Crippen molar-refractivity contribution >= 4 is 0 Å². The molecule has 0 bridgehead atoms. The average Bonchev–Trinajstić information content (AvgIpc) is 2.85. The molecular formula is C12H20N2. The lowest BCUT2D eigenvalue weighted by Gasteiger charge is -2.31. The molecule has 2 aliphatic rings. The van der Waals surface area contributed by atoms with Crippen molar-refractivity contribution < 1.29 is 0 Å². The Balaban J connectivity index is 2.03. The Labute approximate surface area is 86.9 Å². The molecule has 0 aromatic heterocycles. The smallest absolute Gasteiger partial charge is 0.0672 e. The Hall–Kier alpha value is -0.550. The third-order valence-corrected chi connectivity index (χ3v) is 3.97. The maximum Gasteiger partial charge on any atom is 0.0672 e. The average molecular weight is 192 g/mol. The second kappa shape index (κ2) is 4.31. The van der Waals surface area contributed by atoms with E-state index in [0.29, 0.717) is 12.0 Å². The first-order chi connectivity index (χ1) is 6.86. The number of likely N-dealkylation sites (tertiary alicyclic amines) is 1. The Kier molecular flexibility index (Phi) is 3.08. The minimum Gasteiger partial charge on any atom is -0.296 e. The summed E-state index contributed by atoms with van der Waals surface area (Å²) in [6, 6.07) is 3.86. The Bertz CT molecular complexity index is 231. The van der Waals surface area contributed by atoms with Gasteiger partial charge in [0.05, 0.1) is 12.0 Å². The van der Waals surface area contributed by atoms with Crippen molar-refractivity contribution in [1.82, 2.24) is 4.90 Å². The number of nitrogens with zero attached hydrogens (tertiary/aromatic N) is 2. The van der Waals surface area contributed by atoms with Gasteiger partial charge in [-0.2, -0.15) is 5.26 Å². The van der Waals surface area contributed by atoms with Crippen LogP contribution in [-0.4, -0.2) is 23.5 Å². The molecule has 2 rings (SSSR count). The Morgan fingerprint density at radius 2 is 2.14 bits per heavy atom. The highest BCUT2D eigenvalue weighted by Crippen LogP contribution is 2.34. The lowest BCUT2D eigenvalue weighted by atomic mass is 10.0. The SMILES string of the molecule is CCC1CCCN1C1CCCC1C#N. The van der Waals surface area contributed by atoms with E-state index in [1.165, 1.54) is 38.6 Å². The first-order valence-corrected chi connectivity index (χ1v) is 6.02. The fourth-order valence-electron chi connectivity index (χ4n) is 3.22. The van der Waals surface area contributed by atoms with Gasteiger partial charge in [0.15, 0.2) is 0 Å². The number of hydrogen-bond donors (Lipinski definition) is 0. The van der Waals surface area contributed by atoms with E-state index in [0.717, 1.165) is 12.5 Å². The molecule has 3 unspecified atom stereocenters. The zero-order valence-electron chi connectivity index (χ0n) is 9.08. The summed E-state index contributed by atoms with van der Waals surface area (Å²) >= 11 is 0. The minimum absolute atomic E-state index is 0.321.